The van der Waals surface area contributed by atoms with Crippen LogP contribution < -0.4 is 10.2 Å². The van der Waals surface area contributed by atoms with Crippen molar-refractivity contribution in [1.29, 1.82) is 0 Å². The van der Waals surface area contributed by atoms with Gasteiger partial charge in [-0.2, -0.15) is 4.31 Å². The molecule has 0 aromatic carbocycles. The van der Waals surface area contributed by atoms with Gasteiger partial charge < -0.3 is 15.0 Å². The summed E-state index contributed by atoms with van der Waals surface area (Å²) in [5, 5.41) is 3.32. The van der Waals surface area contributed by atoms with Crippen molar-refractivity contribution in [3.05, 3.63) is 18.3 Å². The minimum Gasteiger partial charge on any atom is -0.378 e. The number of aromatic nitrogens is 1. The first-order valence-electron chi connectivity index (χ1n) is 13.5. The van der Waals surface area contributed by atoms with E-state index >= 15 is 0 Å². The van der Waals surface area contributed by atoms with E-state index in [0.717, 1.165) is 57.3 Å². The average Bonchev–Trinajstić information content (AvgIpc) is 2.87. The van der Waals surface area contributed by atoms with Gasteiger partial charge in [0.1, 0.15) is 0 Å². The molecule has 4 saturated carbocycles. The molecule has 8 nitrogen and oxygen atoms in total. The smallest absolute Gasteiger partial charge is 0.260 e. The van der Waals surface area contributed by atoms with Crippen LogP contribution in [0, 0.1) is 23.2 Å². The number of hydrogen-bond donors (Lipinski definition) is 1. The van der Waals surface area contributed by atoms with Crippen LogP contribution >= 0.6 is 0 Å². The molecule has 0 radical (unpaired) electrons. The maximum atomic E-state index is 13.6. The summed E-state index contributed by atoms with van der Waals surface area (Å²) in [5.41, 5.74) is 0.717. The van der Waals surface area contributed by atoms with Gasteiger partial charge in [0.05, 0.1) is 25.1 Å². The summed E-state index contributed by atoms with van der Waals surface area (Å²) in [6.07, 6.45) is 11.2. The molecule has 4 aliphatic carbocycles. The van der Waals surface area contributed by atoms with E-state index < -0.39 is 10.0 Å². The zero-order valence-corrected chi connectivity index (χ0v) is 21.3. The van der Waals surface area contributed by atoms with Crippen LogP contribution in [0.15, 0.2) is 23.4 Å². The number of ether oxygens (including phenoxy) is 1. The predicted octanol–water partition coefficient (Wildman–Crippen LogP) is 2.79. The first kappa shape index (κ1) is 23.7. The molecule has 2 saturated heterocycles. The quantitative estimate of drug-likeness (QED) is 0.643. The normalized spacial score (nSPS) is 35.3. The molecule has 7 rings (SSSR count). The van der Waals surface area contributed by atoms with E-state index in [0.29, 0.717) is 44.1 Å². The highest BCUT2D eigenvalue weighted by Crippen LogP contribution is 2.60. The van der Waals surface area contributed by atoms with E-state index in [1.165, 1.54) is 19.3 Å². The lowest BCUT2D eigenvalue weighted by atomic mass is 9.49. The second kappa shape index (κ2) is 9.30. The van der Waals surface area contributed by atoms with Crippen molar-refractivity contribution in [1.82, 2.24) is 14.6 Å². The Labute approximate surface area is 208 Å². The molecule has 1 aromatic rings. The largest absolute Gasteiger partial charge is 0.378 e. The Balaban J connectivity index is 1.13. The molecular weight excluding hydrogens is 464 g/mol. The molecule has 1 unspecified atom stereocenters. The lowest BCUT2D eigenvalue weighted by Crippen LogP contribution is -2.56. The number of amides is 1. The number of hydrogen-bond acceptors (Lipinski definition) is 6. The highest BCUT2D eigenvalue weighted by molar-refractivity contribution is 7.89. The van der Waals surface area contributed by atoms with Crippen LogP contribution in [0.5, 0.6) is 0 Å². The number of sulfonamides is 1. The molecule has 35 heavy (non-hydrogen) atoms. The van der Waals surface area contributed by atoms with Gasteiger partial charge in [0.15, 0.2) is 5.03 Å². The molecule has 6 fully saturated rings. The maximum Gasteiger partial charge on any atom is 0.260 e. The van der Waals surface area contributed by atoms with E-state index in [-0.39, 0.29) is 22.4 Å². The van der Waals surface area contributed by atoms with Crippen LogP contribution in [-0.4, -0.2) is 69.0 Å². The SMILES string of the molecule is O=C(NCC1CCCCN1S(=O)(=O)c1ccc(N2CCOCC2)cn1)C12CC3CC(CC(C3)C1)C2. The number of piperidine rings is 1. The van der Waals surface area contributed by atoms with Crippen LogP contribution in [-0.2, 0) is 19.6 Å². The molecule has 1 amide bonds. The van der Waals surface area contributed by atoms with Gasteiger partial charge in [-0.15, -0.1) is 0 Å². The van der Waals surface area contributed by atoms with Crippen molar-refractivity contribution >= 4 is 21.6 Å². The number of anilines is 1. The number of nitrogens with zero attached hydrogens (tertiary/aromatic N) is 3. The summed E-state index contributed by atoms with van der Waals surface area (Å²) in [5.74, 6) is 2.31. The van der Waals surface area contributed by atoms with E-state index in [4.69, 9.17) is 4.74 Å². The molecule has 0 spiro atoms. The molecule has 1 N–H and O–H groups in total. The second-order valence-corrected chi connectivity index (χ2v) is 13.5. The van der Waals surface area contributed by atoms with Crippen molar-refractivity contribution in [2.24, 2.45) is 23.2 Å². The highest BCUT2D eigenvalue weighted by Gasteiger charge is 2.54. The van der Waals surface area contributed by atoms with Gasteiger partial charge in [-0.05, 0) is 81.3 Å². The van der Waals surface area contributed by atoms with Crippen LogP contribution in [0.1, 0.15) is 57.8 Å². The van der Waals surface area contributed by atoms with Crippen molar-refractivity contribution in [3.8, 4) is 0 Å². The number of carbonyl (C=O) groups is 1. The molecule has 9 heteroatoms. The molecule has 3 heterocycles. The number of carbonyl (C=O) groups excluding carboxylic acids is 1. The van der Waals surface area contributed by atoms with E-state index in [9.17, 15) is 13.2 Å². The standard InChI is InChI=1S/C26H38N4O4S/c31-25(26-14-19-11-20(15-26)13-21(12-19)16-26)28-18-23-3-1-2-6-30(23)35(32,33)24-5-4-22(17-27-24)29-7-9-34-10-8-29/h4-5,17,19-21,23H,1-3,6-16,18H2,(H,28,31). The van der Waals surface area contributed by atoms with Crippen LogP contribution in [0.25, 0.3) is 0 Å². The highest BCUT2D eigenvalue weighted by atomic mass is 32.2. The predicted molar refractivity (Wildman–Crippen MR) is 132 cm³/mol. The van der Waals surface area contributed by atoms with Gasteiger partial charge >= 0.3 is 0 Å². The van der Waals surface area contributed by atoms with Gasteiger partial charge in [0.2, 0.25) is 5.91 Å². The summed E-state index contributed by atoms with van der Waals surface area (Å²) >= 11 is 0. The van der Waals surface area contributed by atoms with Crippen molar-refractivity contribution in [2.75, 3.05) is 44.3 Å². The van der Waals surface area contributed by atoms with Crippen LogP contribution in [0.4, 0.5) is 5.69 Å². The number of rotatable bonds is 6. The fourth-order valence-corrected chi connectivity index (χ4v) is 9.54. The minimum atomic E-state index is -3.72. The average molecular weight is 503 g/mol. The zero-order valence-electron chi connectivity index (χ0n) is 20.5. The Morgan fingerprint density at radius 1 is 1.03 bits per heavy atom. The fourth-order valence-electron chi connectivity index (χ4n) is 7.94. The van der Waals surface area contributed by atoms with Crippen molar-refractivity contribution < 1.29 is 17.9 Å². The minimum absolute atomic E-state index is 0.0915. The van der Waals surface area contributed by atoms with Gasteiger partial charge in [-0.3, -0.25) is 4.79 Å². The van der Waals surface area contributed by atoms with Crippen molar-refractivity contribution in [3.63, 3.8) is 0 Å². The Kier molecular flexibility index (Phi) is 6.29. The summed E-state index contributed by atoms with van der Waals surface area (Å²) in [6.45, 7) is 3.78. The Morgan fingerprint density at radius 2 is 1.71 bits per heavy atom. The van der Waals surface area contributed by atoms with Crippen LogP contribution in [0.3, 0.4) is 0 Å². The lowest BCUT2D eigenvalue weighted by Gasteiger charge is -2.55. The third kappa shape index (κ3) is 4.48. The Morgan fingerprint density at radius 3 is 2.34 bits per heavy atom. The summed E-state index contributed by atoms with van der Waals surface area (Å²) in [4.78, 5) is 20.0. The molecule has 1 atom stereocenters. The van der Waals surface area contributed by atoms with Crippen molar-refractivity contribution in [2.45, 2.75) is 68.9 Å². The number of pyridine rings is 1. The van der Waals surface area contributed by atoms with E-state index in [1.54, 1.807) is 16.6 Å². The third-order valence-corrected chi connectivity index (χ3v) is 11.1. The van der Waals surface area contributed by atoms with Gasteiger partial charge in [0.25, 0.3) is 10.0 Å². The topological polar surface area (TPSA) is 91.8 Å². The first-order chi connectivity index (χ1) is 16.9. The van der Waals surface area contributed by atoms with Gasteiger partial charge in [0, 0.05) is 37.6 Å². The first-order valence-corrected chi connectivity index (χ1v) is 15.0. The molecule has 4 bridgehead atoms. The second-order valence-electron chi connectivity index (χ2n) is 11.6. The van der Waals surface area contributed by atoms with Crippen LogP contribution in [0.2, 0.25) is 0 Å². The molecule has 6 aliphatic rings. The summed E-state index contributed by atoms with van der Waals surface area (Å²) in [6, 6.07) is 3.26. The summed E-state index contributed by atoms with van der Waals surface area (Å²) in [7, 11) is -3.72. The Bertz CT molecular complexity index is 1000. The van der Waals surface area contributed by atoms with E-state index in [2.05, 4.69) is 15.2 Å². The van der Waals surface area contributed by atoms with E-state index in [1.807, 2.05) is 6.07 Å². The monoisotopic (exact) mass is 502 g/mol. The molecule has 2 aliphatic heterocycles. The molecule has 192 valence electrons. The molecular formula is C26H38N4O4S. The number of nitrogens with one attached hydrogen (secondary N) is 1. The lowest BCUT2D eigenvalue weighted by molar-refractivity contribution is -0.146. The van der Waals surface area contributed by atoms with Gasteiger partial charge in [-0.1, -0.05) is 6.42 Å². The number of morpholine rings is 1. The van der Waals surface area contributed by atoms with Gasteiger partial charge in [-0.25, -0.2) is 13.4 Å². The fraction of sp³-hybridized carbons (Fsp3) is 0.769. The molecule has 1 aromatic heterocycles. The third-order valence-electron chi connectivity index (χ3n) is 9.26. The Hall–Kier alpha value is -1.71. The summed E-state index contributed by atoms with van der Waals surface area (Å²) < 4.78 is 34.1. The zero-order chi connectivity index (χ0) is 24.0. The maximum absolute atomic E-state index is 13.6.